The van der Waals surface area contributed by atoms with Crippen LogP contribution in [0, 0.1) is 0 Å². The fraction of sp³-hybridized carbons (Fsp3) is 0.429. The van der Waals surface area contributed by atoms with Gasteiger partial charge in [0, 0.05) is 16.5 Å². The molecule has 0 amide bonds. The van der Waals surface area contributed by atoms with Crippen molar-refractivity contribution in [2.24, 2.45) is 0 Å². The van der Waals surface area contributed by atoms with Crippen molar-refractivity contribution in [3.05, 3.63) is 32.7 Å². The van der Waals surface area contributed by atoms with Crippen LogP contribution in [0.25, 0.3) is 10.6 Å². The molecule has 0 fully saturated rings. The first kappa shape index (κ1) is 15.9. The highest BCUT2D eigenvalue weighted by Gasteiger charge is 2.10. The second-order valence-corrected chi connectivity index (χ2v) is 6.86. The molecule has 2 aromatic rings. The summed E-state index contributed by atoms with van der Waals surface area (Å²) in [7, 11) is 0. The van der Waals surface area contributed by atoms with Gasteiger partial charge in [-0.05, 0) is 44.1 Å². The van der Waals surface area contributed by atoms with Gasteiger partial charge in [0.2, 0.25) is 0 Å². The van der Waals surface area contributed by atoms with E-state index in [0.717, 1.165) is 46.0 Å². The van der Waals surface area contributed by atoms with E-state index in [2.05, 4.69) is 38.4 Å². The summed E-state index contributed by atoms with van der Waals surface area (Å²) in [5.41, 5.74) is 0.939. The molecule has 1 aromatic carbocycles. The Morgan fingerprint density at radius 3 is 2.95 bits per heavy atom. The second kappa shape index (κ2) is 8.08. The van der Waals surface area contributed by atoms with Gasteiger partial charge in [-0.1, -0.05) is 45.8 Å². The molecule has 0 aliphatic heterocycles. The molecule has 0 spiro atoms. The van der Waals surface area contributed by atoms with E-state index in [1.54, 1.807) is 11.3 Å². The van der Waals surface area contributed by atoms with Crippen molar-refractivity contribution in [2.75, 3.05) is 13.1 Å². The molecule has 1 aromatic heterocycles. The molecule has 1 heterocycles. The van der Waals surface area contributed by atoms with Gasteiger partial charge in [-0.15, -0.1) is 10.2 Å². The minimum Gasteiger partial charge on any atom is -0.317 e. The number of hydrogen-bond acceptors (Lipinski definition) is 4. The standard InChI is InChI=1S/C14H17BrClN3S/c1-2-7-17-8-3-4-13-18-19-14(20-13)11-9-10(15)5-6-12(11)16/h5-6,9,17H,2-4,7-8H2,1H3. The quantitative estimate of drug-likeness (QED) is 0.722. The van der Waals surface area contributed by atoms with Crippen molar-refractivity contribution < 1.29 is 0 Å². The zero-order valence-electron chi connectivity index (χ0n) is 11.3. The molecule has 0 aliphatic rings. The predicted octanol–water partition coefficient (Wildman–Crippen LogP) is 4.55. The summed E-state index contributed by atoms with van der Waals surface area (Å²) < 4.78 is 0.998. The molecule has 20 heavy (non-hydrogen) atoms. The molecule has 6 heteroatoms. The zero-order valence-corrected chi connectivity index (χ0v) is 14.5. The van der Waals surface area contributed by atoms with Crippen LogP contribution in [0.5, 0.6) is 0 Å². The van der Waals surface area contributed by atoms with Crippen molar-refractivity contribution in [3.63, 3.8) is 0 Å². The van der Waals surface area contributed by atoms with Crippen LogP contribution in [-0.2, 0) is 6.42 Å². The van der Waals surface area contributed by atoms with Crippen molar-refractivity contribution in [1.29, 1.82) is 0 Å². The Balaban J connectivity index is 1.96. The molecule has 0 saturated carbocycles. The van der Waals surface area contributed by atoms with E-state index in [1.807, 2.05) is 18.2 Å². The number of aromatic nitrogens is 2. The third-order valence-electron chi connectivity index (χ3n) is 2.80. The number of nitrogens with one attached hydrogen (secondary N) is 1. The summed E-state index contributed by atoms with van der Waals surface area (Å²) >= 11 is 11.3. The maximum absolute atomic E-state index is 6.21. The van der Waals surface area contributed by atoms with E-state index in [-0.39, 0.29) is 0 Å². The van der Waals surface area contributed by atoms with E-state index in [0.29, 0.717) is 5.02 Å². The summed E-state index contributed by atoms with van der Waals surface area (Å²) in [5, 5.41) is 14.5. The minimum atomic E-state index is 0.709. The van der Waals surface area contributed by atoms with E-state index in [4.69, 9.17) is 11.6 Å². The van der Waals surface area contributed by atoms with Gasteiger partial charge >= 0.3 is 0 Å². The van der Waals surface area contributed by atoms with E-state index < -0.39 is 0 Å². The Hall–Kier alpha value is -0.490. The lowest BCUT2D eigenvalue weighted by atomic mass is 10.2. The lowest BCUT2D eigenvalue weighted by molar-refractivity contribution is 0.637. The summed E-state index contributed by atoms with van der Waals surface area (Å²) in [6.07, 6.45) is 3.21. The SMILES string of the molecule is CCCNCCCc1nnc(-c2cc(Br)ccc2Cl)s1. The van der Waals surface area contributed by atoms with Crippen molar-refractivity contribution in [3.8, 4) is 10.6 Å². The molecule has 2 rings (SSSR count). The second-order valence-electron chi connectivity index (χ2n) is 4.48. The zero-order chi connectivity index (χ0) is 14.4. The summed E-state index contributed by atoms with van der Waals surface area (Å²) in [6, 6.07) is 5.78. The van der Waals surface area contributed by atoms with Gasteiger partial charge in [-0.25, -0.2) is 0 Å². The Morgan fingerprint density at radius 1 is 1.30 bits per heavy atom. The molecule has 3 nitrogen and oxygen atoms in total. The number of rotatable bonds is 7. The third kappa shape index (κ3) is 4.52. The first-order valence-electron chi connectivity index (χ1n) is 6.69. The minimum absolute atomic E-state index is 0.709. The van der Waals surface area contributed by atoms with E-state index >= 15 is 0 Å². The van der Waals surface area contributed by atoms with Gasteiger partial charge < -0.3 is 5.32 Å². The molecule has 0 aliphatic carbocycles. The normalized spacial score (nSPS) is 10.9. The first-order chi connectivity index (χ1) is 9.70. The Bertz CT molecular complexity index is 559. The van der Waals surface area contributed by atoms with E-state index in [1.165, 1.54) is 6.42 Å². The molecule has 0 unspecified atom stereocenters. The van der Waals surface area contributed by atoms with Crippen molar-refractivity contribution in [1.82, 2.24) is 15.5 Å². The summed E-state index contributed by atoms with van der Waals surface area (Å²) in [6.45, 7) is 4.28. The number of halogens is 2. The summed E-state index contributed by atoms with van der Waals surface area (Å²) in [5.74, 6) is 0. The topological polar surface area (TPSA) is 37.8 Å². The number of aryl methyl sites for hydroxylation is 1. The predicted molar refractivity (Wildman–Crippen MR) is 89.5 cm³/mol. The van der Waals surface area contributed by atoms with Crippen LogP contribution in [-0.4, -0.2) is 23.3 Å². The van der Waals surface area contributed by atoms with Crippen LogP contribution in [0.2, 0.25) is 5.02 Å². The van der Waals surface area contributed by atoms with Crippen LogP contribution in [0.3, 0.4) is 0 Å². The number of benzene rings is 1. The molecular formula is C14H17BrClN3S. The smallest absolute Gasteiger partial charge is 0.149 e. The highest BCUT2D eigenvalue weighted by Crippen LogP contribution is 2.32. The molecule has 0 saturated heterocycles. The van der Waals surface area contributed by atoms with E-state index in [9.17, 15) is 0 Å². The van der Waals surface area contributed by atoms with Crippen LogP contribution < -0.4 is 5.32 Å². The van der Waals surface area contributed by atoms with Crippen molar-refractivity contribution in [2.45, 2.75) is 26.2 Å². The van der Waals surface area contributed by atoms with Gasteiger partial charge in [0.1, 0.15) is 10.0 Å². The highest BCUT2D eigenvalue weighted by atomic mass is 79.9. The van der Waals surface area contributed by atoms with Crippen LogP contribution in [0.1, 0.15) is 24.8 Å². The van der Waals surface area contributed by atoms with Gasteiger partial charge in [-0.2, -0.15) is 0 Å². The molecule has 0 radical (unpaired) electrons. The fourth-order valence-electron chi connectivity index (χ4n) is 1.79. The molecule has 108 valence electrons. The average molecular weight is 375 g/mol. The van der Waals surface area contributed by atoms with Gasteiger partial charge in [0.15, 0.2) is 0 Å². The largest absolute Gasteiger partial charge is 0.317 e. The molecule has 1 N–H and O–H groups in total. The average Bonchev–Trinajstić information content (AvgIpc) is 2.90. The molecule has 0 atom stereocenters. The van der Waals surface area contributed by atoms with Crippen LogP contribution in [0.4, 0.5) is 0 Å². The number of hydrogen-bond donors (Lipinski definition) is 1. The van der Waals surface area contributed by atoms with Crippen LogP contribution >= 0.6 is 38.9 Å². The maximum atomic E-state index is 6.21. The molecule has 0 bridgehead atoms. The fourth-order valence-corrected chi connectivity index (χ4v) is 3.33. The van der Waals surface area contributed by atoms with Crippen molar-refractivity contribution >= 4 is 38.9 Å². The highest BCUT2D eigenvalue weighted by molar-refractivity contribution is 9.10. The lowest BCUT2D eigenvalue weighted by Gasteiger charge is -2.00. The monoisotopic (exact) mass is 373 g/mol. The maximum Gasteiger partial charge on any atom is 0.149 e. The Kier molecular flexibility index (Phi) is 6.42. The van der Waals surface area contributed by atoms with Crippen LogP contribution in [0.15, 0.2) is 22.7 Å². The van der Waals surface area contributed by atoms with Gasteiger partial charge in [-0.3, -0.25) is 0 Å². The van der Waals surface area contributed by atoms with Gasteiger partial charge in [0.25, 0.3) is 0 Å². The lowest BCUT2D eigenvalue weighted by Crippen LogP contribution is -2.16. The first-order valence-corrected chi connectivity index (χ1v) is 8.68. The Morgan fingerprint density at radius 2 is 2.15 bits per heavy atom. The summed E-state index contributed by atoms with van der Waals surface area (Å²) in [4.78, 5) is 0. The van der Waals surface area contributed by atoms with Gasteiger partial charge in [0.05, 0.1) is 5.02 Å². The third-order valence-corrected chi connectivity index (χ3v) is 4.64. The molecular weight excluding hydrogens is 358 g/mol. The number of nitrogens with zero attached hydrogens (tertiary/aromatic N) is 2. The Labute approximate surface area is 136 Å².